The number of para-hydroxylation sites is 3. The van der Waals surface area contributed by atoms with Gasteiger partial charge in [-0.25, -0.2) is 4.39 Å². The third-order valence-electron chi connectivity index (χ3n) is 7.71. The number of aromatic nitrogens is 4. The van der Waals surface area contributed by atoms with E-state index in [0.29, 0.717) is 22.4 Å². The van der Waals surface area contributed by atoms with Gasteiger partial charge in [0.2, 0.25) is 0 Å². The van der Waals surface area contributed by atoms with Crippen LogP contribution in [0.4, 0.5) is 4.39 Å². The number of hydrogen-bond acceptors (Lipinski definition) is 4. The SMILES string of the molecule is Fc1cncc2c1oc1c(-c3nc4ccccc4n3-c3ccccc3)[c-]ccc12.[CH3][Ge]([CH3])([CH3])[c]1ccc(-c2[c-]cccc2)nc1.[Ir]. The molecule has 0 saturated carbocycles. The summed E-state index contributed by atoms with van der Waals surface area (Å²) in [5.41, 5.74) is 6.30. The molecule has 5 nitrogen and oxygen atoms in total. The second-order valence-corrected chi connectivity index (χ2v) is 22.4. The number of hydrogen-bond donors (Lipinski definition) is 0. The number of imidazole rings is 1. The average molecular weight is 842 g/mol. The van der Waals surface area contributed by atoms with Crippen LogP contribution in [0.1, 0.15) is 0 Å². The van der Waals surface area contributed by atoms with Gasteiger partial charge in [-0.2, -0.15) is 0 Å². The third kappa shape index (κ3) is 6.06. The van der Waals surface area contributed by atoms with E-state index in [4.69, 9.17) is 9.40 Å². The van der Waals surface area contributed by atoms with Gasteiger partial charge < -0.3 is 8.98 Å². The Morgan fingerprint density at radius 3 is 2.26 bits per heavy atom. The Balaban J connectivity index is 0.000000187. The quantitative estimate of drug-likeness (QED) is 0.131. The van der Waals surface area contributed by atoms with Crippen molar-refractivity contribution in [1.29, 1.82) is 0 Å². The summed E-state index contributed by atoms with van der Waals surface area (Å²) >= 11 is -1.72. The van der Waals surface area contributed by atoms with Crippen LogP contribution in [-0.2, 0) is 20.1 Å². The minimum atomic E-state index is -1.72. The maximum Gasteiger partial charge on any atom is 0 e. The molecule has 8 rings (SSSR count). The molecule has 0 saturated heterocycles. The summed E-state index contributed by atoms with van der Waals surface area (Å²) in [7, 11) is 0. The van der Waals surface area contributed by atoms with E-state index in [1.54, 1.807) is 6.20 Å². The van der Waals surface area contributed by atoms with Crippen molar-refractivity contribution in [2.75, 3.05) is 0 Å². The molecule has 0 bridgehead atoms. The molecule has 8 heteroatoms. The largest absolute Gasteiger partial charge is 0 e. The van der Waals surface area contributed by atoms with Crippen molar-refractivity contribution in [2.24, 2.45) is 0 Å². The van der Waals surface area contributed by atoms with Crippen molar-refractivity contribution in [1.82, 2.24) is 19.5 Å². The van der Waals surface area contributed by atoms with Crippen LogP contribution in [0, 0.1) is 17.9 Å². The van der Waals surface area contributed by atoms with Crippen molar-refractivity contribution in [2.45, 2.75) is 17.3 Å². The van der Waals surface area contributed by atoms with E-state index in [1.165, 1.54) is 4.40 Å². The van der Waals surface area contributed by atoms with E-state index in [-0.39, 0.29) is 25.7 Å². The van der Waals surface area contributed by atoms with Crippen LogP contribution in [0.2, 0.25) is 17.3 Å². The summed E-state index contributed by atoms with van der Waals surface area (Å²) in [6, 6.07) is 40.4. The first kappa shape index (κ1) is 31.6. The second kappa shape index (κ2) is 13.1. The first-order valence-corrected chi connectivity index (χ1v) is 22.1. The van der Waals surface area contributed by atoms with Gasteiger partial charge in [0.1, 0.15) is 0 Å². The van der Waals surface area contributed by atoms with Gasteiger partial charge in [-0.05, 0) is 24.3 Å². The number of benzene rings is 4. The molecule has 0 aliphatic heterocycles. The zero-order valence-corrected chi connectivity index (χ0v) is 29.9. The number of pyridine rings is 2. The number of rotatable bonds is 4. The Bertz CT molecular complexity index is 2260. The fourth-order valence-electron chi connectivity index (χ4n) is 5.37. The van der Waals surface area contributed by atoms with E-state index in [1.807, 2.05) is 97.2 Å². The topological polar surface area (TPSA) is 56.7 Å². The van der Waals surface area contributed by atoms with Crippen LogP contribution < -0.4 is 4.40 Å². The molecule has 0 spiro atoms. The molecule has 4 heterocycles. The van der Waals surface area contributed by atoms with Gasteiger partial charge >= 0.3 is 99.8 Å². The van der Waals surface area contributed by atoms with Crippen molar-refractivity contribution in [3.8, 4) is 28.3 Å². The minimum absolute atomic E-state index is 0. The Labute approximate surface area is 282 Å². The van der Waals surface area contributed by atoms with E-state index >= 15 is 0 Å². The molecule has 8 aromatic rings. The summed E-state index contributed by atoms with van der Waals surface area (Å²) in [4.78, 5) is 13.4. The molecule has 229 valence electrons. The standard InChI is InChI=1S/C24H13FN3O.C14H16GeN.Ir/c25-19-14-26-13-18-16-9-6-10-17(22(16)29-23(18)19)24-27-20-11-4-5-12-21(20)28(24)15-7-2-1-3-8-15;1-15(2,3)13-9-10-14(16-11-13)12-7-5-4-6-8-12;/h1-9,11-14H;4-7,9-11H,1-3H3;/q2*-1;. The van der Waals surface area contributed by atoms with Gasteiger partial charge in [-0.3, -0.25) is 9.97 Å². The molecule has 4 aromatic carbocycles. The van der Waals surface area contributed by atoms with Gasteiger partial charge in [-0.1, -0.05) is 41.3 Å². The smallest absolute Gasteiger partial charge is 0 e. The summed E-state index contributed by atoms with van der Waals surface area (Å²) < 4.78 is 23.8. The van der Waals surface area contributed by atoms with Crippen molar-refractivity contribution < 1.29 is 28.9 Å². The fraction of sp³-hybridized carbons (Fsp3) is 0.0789. The van der Waals surface area contributed by atoms with Crippen molar-refractivity contribution >= 4 is 50.6 Å². The maximum atomic E-state index is 14.3. The molecule has 0 N–H and O–H groups in total. The van der Waals surface area contributed by atoms with Crippen LogP contribution in [0.25, 0.3) is 61.3 Å². The molecule has 1 radical (unpaired) electrons. The van der Waals surface area contributed by atoms with E-state index in [0.717, 1.165) is 39.6 Å². The third-order valence-corrected chi connectivity index (χ3v) is 12.0. The number of fused-ring (bicyclic) bond motifs is 4. The molecule has 0 aliphatic rings. The van der Waals surface area contributed by atoms with Gasteiger partial charge in [-0.15, -0.1) is 18.2 Å². The monoisotopic (exact) mass is 843 g/mol. The van der Waals surface area contributed by atoms with Gasteiger partial charge in [0, 0.05) is 37.4 Å². The summed E-state index contributed by atoms with van der Waals surface area (Å²) in [5.74, 6) is 7.35. The first-order valence-electron chi connectivity index (χ1n) is 14.7. The molecular formula is C38H29FGeIrN4O-2. The zero-order chi connectivity index (χ0) is 31.0. The predicted molar refractivity (Wildman–Crippen MR) is 182 cm³/mol. The van der Waals surface area contributed by atoms with Gasteiger partial charge in [0.05, 0.1) is 28.6 Å². The van der Waals surface area contributed by atoms with Crippen LogP contribution in [0.15, 0.2) is 126 Å². The molecule has 0 aliphatic carbocycles. The molecule has 0 amide bonds. The molecular weight excluding hydrogens is 812 g/mol. The molecule has 46 heavy (non-hydrogen) atoms. The van der Waals surface area contributed by atoms with Crippen molar-refractivity contribution in [3.63, 3.8) is 0 Å². The van der Waals surface area contributed by atoms with Crippen molar-refractivity contribution in [3.05, 3.63) is 140 Å². The van der Waals surface area contributed by atoms with Crippen LogP contribution >= 0.6 is 0 Å². The van der Waals surface area contributed by atoms with Crippen LogP contribution in [0.5, 0.6) is 0 Å². The Morgan fingerprint density at radius 2 is 1.52 bits per heavy atom. The second-order valence-electron chi connectivity index (χ2n) is 11.7. The first-order chi connectivity index (χ1) is 21.9. The number of nitrogens with zero attached hydrogens (tertiary/aromatic N) is 4. The minimum Gasteiger partial charge on any atom is 0 e. The normalized spacial score (nSPS) is 11.3. The summed E-state index contributed by atoms with van der Waals surface area (Å²) in [5, 5.41) is 1.42. The predicted octanol–water partition coefficient (Wildman–Crippen LogP) is 9.02. The molecule has 0 atom stereocenters. The summed E-state index contributed by atoms with van der Waals surface area (Å²) in [6.07, 6.45) is 4.82. The van der Waals surface area contributed by atoms with E-state index in [9.17, 15) is 4.39 Å². The molecule has 4 aromatic heterocycles. The molecule has 0 unspecified atom stereocenters. The molecule has 0 fully saturated rings. The number of furan rings is 1. The number of halogens is 1. The van der Waals surface area contributed by atoms with Gasteiger partial charge in [0.25, 0.3) is 0 Å². The maximum absolute atomic E-state index is 14.3. The Hall–Kier alpha value is -4.43. The van der Waals surface area contributed by atoms with Gasteiger partial charge in [0.15, 0.2) is 11.4 Å². The average Bonchev–Trinajstić information content (AvgIpc) is 3.65. The summed E-state index contributed by atoms with van der Waals surface area (Å²) in [6.45, 7) is 0. The Morgan fingerprint density at radius 1 is 0.739 bits per heavy atom. The fourth-order valence-corrected chi connectivity index (χ4v) is 7.54. The van der Waals surface area contributed by atoms with Crippen LogP contribution in [-0.4, -0.2) is 32.8 Å². The Kier molecular flexibility index (Phi) is 9.00. The van der Waals surface area contributed by atoms with E-state index in [2.05, 4.69) is 56.1 Å². The zero-order valence-electron chi connectivity index (χ0n) is 25.5. The van der Waals surface area contributed by atoms with E-state index < -0.39 is 19.1 Å². The van der Waals surface area contributed by atoms with Crippen LogP contribution in [0.3, 0.4) is 0 Å².